The highest BCUT2D eigenvalue weighted by molar-refractivity contribution is 7.17. The second-order valence-electron chi connectivity index (χ2n) is 5.86. The molecule has 6 heteroatoms. The van der Waals surface area contributed by atoms with E-state index in [9.17, 15) is 9.59 Å². The lowest BCUT2D eigenvalue weighted by atomic mass is 9.95. The largest absolute Gasteiger partial charge is 0.336 e. The van der Waals surface area contributed by atoms with Gasteiger partial charge in [-0.3, -0.25) is 9.59 Å². The van der Waals surface area contributed by atoms with Crippen LogP contribution < -0.4 is 10.6 Å². The van der Waals surface area contributed by atoms with Gasteiger partial charge in [-0.05, 0) is 31.2 Å². The predicted octanol–water partition coefficient (Wildman–Crippen LogP) is 2.02. The van der Waals surface area contributed by atoms with Gasteiger partial charge in [0.2, 0.25) is 5.91 Å². The van der Waals surface area contributed by atoms with Crippen molar-refractivity contribution >= 4 is 28.2 Å². The summed E-state index contributed by atoms with van der Waals surface area (Å²) in [6.45, 7) is 5.00. The zero-order chi connectivity index (χ0) is 15.5. The lowest BCUT2D eigenvalue weighted by Gasteiger charge is -2.28. The van der Waals surface area contributed by atoms with Crippen LogP contribution in [0.25, 0.3) is 0 Å². The van der Waals surface area contributed by atoms with Crippen molar-refractivity contribution < 1.29 is 9.59 Å². The number of aryl methyl sites for hydroxylation is 1. The predicted molar refractivity (Wildman–Crippen MR) is 88.7 cm³/mol. The Labute approximate surface area is 135 Å². The van der Waals surface area contributed by atoms with Crippen molar-refractivity contribution in [1.82, 2.24) is 10.2 Å². The Morgan fingerprint density at radius 1 is 1.23 bits per heavy atom. The Kier molecular flexibility index (Phi) is 4.78. The molecule has 2 aliphatic rings. The molecule has 1 aromatic rings. The molecule has 0 bridgehead atoms. The van der Waals surface area contributed by atoms with Crippen molar-refractivity contribution in [3.63, 3.8) is 0 Å². The highest BCUT2D eigenvalue weighted by Gasteiger charge is 2.29. The molecule has 1 fully saturated rings. The monoisotopic (exact) mass is 321 g/mol. The average Bonchev–Trinajstić information content (AvgIpc) is 2.92. The number of nitrogens with one attached hydrogen (secondary N) is 2. The molecule has 22 heavy (non-hydrogen) atoms. The number of carbonyl (C=O) groups is 2. The summed E-state index contributed by atoms with van der Waals surface area (Å²) in [6.07, 6.45) is 4.73. The first-order valence-electron chi connectivity index (χ1n) is 8.15. The summed E-state index contributed by atoms with van der Waals surface area (Å²) >= 11 is 1.60. The number of anilines is 1. The quantitative estimate of drug-likeness (QED) is 0.895. The molecule has 2 amide bonds. The van der Waals surface area contributed by atoms with E-state index in [4.69, 9.17) is 0 Å². The van der Waals surface area contributed by atoms with Gasteiger partial charge >= 0.3 is 0 Å². The van der Waals surface area contributed by atoms with Crippen LogP contribution in [0.5, 0.6) is 0 Å². The first kappa shape index (κ1) is 15.5. The van der Waals surface area contributed by atoms with E-state index >= 15 is 0 Å². The van der Waals surface area contributed by atoms with E-state index in [1.807, 2.05) is 11.8 Å². The standard InChI is InChI=1S/C16H23N3O2S/c1-2-13(20)18-15-14(11-5-3-4-6-12(11)22-15)16(21)19-9-7-17-8-10-19/h17H,2-10H2,1H3,(H,18,20). The Bertz CT molecular complexity index is 576. The summed E-state index contributed by atoms with van der Waals surface area (Å²) in [5.41, 5.74) is 1.95. The molecular formula is C16H23N3O2S. The van der Waals surface area contributed by atoms with Crippen LogP contribution in [0.1, 0.15) is 47.0 Å². The lowest BCUT2D eigenvalue weighted by molar-refractivity contribution is -0.115. The Hall–Kier alpha value is -1.40. The number of hydrogen-bond donors (Lipinski definition) is 2. The van der Waals surface area contributed by atoms with Crippen LogP contribution in [0.4, 0.5) is 5.00 Å². The minimum Gasteiger partial charge on any atom is -0.336 e. The van der Waals surface area contributed by atoms with E-state index in [0.29, 0.717) is 6.42 Å². The van der Waals surface area contributed by atoms with E-state index in [1.54, 1.807) is 11.3 Å². The number of thiophene rings is 1. The molecule has 0 radical (unpaired) electrons. The molecule has 1 aliphatic heterocycles. The fourth-order valence-electron chi connectivity index (χ4n) is 3.12. The third-order valence-corrected chi connectivity index (χ3v) is 5.57. The van der Waals surface area contributed by atoms with E-state index in [1.165, 1.54) is 16.9 Å². The molecule has 0 unspecified atom stereocenters. The number of fused-ring (bicyclic) bond motifs is 1. The fraction of sp³-hybridized carbons (Fsp3) is 0.625. The molecule has 2 N–H and O–H groups in total. The smallest absolute Gasteiger partial charge is 0.257 e. The molecule has 0 spiro atoms. The van der Waals surface area contributed by atoms with E-state index in [2.05, 4.69) is 10.6 Å². The maximum Gasteiger partial charge on any atom is 0.257 e. The molecular weight excluding hydrogens is 298 g/mol. The Morgan fingerprint density at radius 2 is 1.95 bits per heavy atom. The number of nitrogens with zero attached hydrogens (tertiary/aromatic N) is 1. The molecule has 0 aromatic carbocycles. The van der Waals surface area contributed by atoms with E-state index < -0.39 is 0 Å². The van der Waals surface area contributed by atoms with Crippen molar-refractivity contribution in [2.75, 3.05) is 31.5 Å². The zero-order valence-electron chi connectivity index (χ0n) is 13.0. The van der Waals surface area contributed by atoms with Gasteiger partial charge in [-0.2, -0.15) is 0 Å². The lowest BCUT2D eigenvalue weighted by Crippen LogP contribution is -2.46. The summed E-state index contributed by atoms with van der Waals surface area (Å²) in [5.74, 6) is 0.0697. The number of hydrogen-bond acceptors (Lipinski definition) is 4. The van der Waals surface area contributed by atoms with Gasteiger partial charge < -0.3 is 15.5 Å². The molecule has 1 aliphatic carbocycles. The fourth-order valence-corrected chi connectivity index (χ4v) is 4.42. The maximum atomic E-state index is 13.0. The van der Waals surface area contributed by atoms with Gasteiger partial charge in [0, 0.05) is 37.5 Å². The molecule has 0 atom stereocenters. The van der Waals surface area contributed by atoms with Crippen LogP contribution in [-0.4, -0.2) is 42.9 Å². The van der Waals surface area contributed by atoms with Crippen molar-refractivity contribution in [3.05, 3.63) is 16.0 Å². The molecule has 3 rings (SSSR count). The summed E-state index contributed by atoms with van der Waals surface area (Å²) in [7, 11) is 0. The number of carbonyl (C=O) groups excluding carboxylic acids is 2. The van der Waals surface area contributed by atoms with E-state index in [-0.39, 0.29) is 11.8 Å². The molecule has 2 heterocycles. The highest BCUT2D eigenvalue weighted by atomic mass is 32.1. The van der Waals surface area contributed by atoms with Crippen LogP contribution in [-0.2, 0) is 17.6 Å². The van der Waals surface area contributed by atoms with Gasteiger partial charge in [0.25, 0.3) is 5.91 Å². The molecule has 1 aromatic heterocycles. The van der Waals surface area contributed by atoms with Gasteiger partial charge in [-0.15, -0.1) is 11.3 Å². The van der Waals surface area contributed by atoms with Crippen LogP contribution in [0, 0.1) is 0 Å². The van der Waals surface area contributed by atoms with Crippen molar-refractivity contribution in [1.29, 1.82) is 0 Å². The second-order valence-corrected chi connectivity index (χ2v) is 6.96. The van der Waals surface area contributed by atoms with Crippen LogP contribution >= 0.6 is 11.3 Å². The van der Waals surface area contributed by atoms with Crippen molar-refractivity contribution in [2.24, 2.45) is 0 Å². The Morgan fingerprint density at radius 3 is 2.68 bits per heavy atom. The molecule has 1 saturated heterocycles. The first-order valence-corrected chi connectivity index (χ1v) is 8.96. The summed E-state index contributed by atoms with van der Waals surface area (Å²) in [4.78, 5) is 28.0. The summed E-state index contributed by atoms with van der Waals surface area (Å²) in [5, 5.41) is 6.99. The highest BCUT2D eigenvalue weighted by Crippen LogP contribution is 2.39. The number of piperazine rings is 1. The number of amides is 2. The first-order chi connectivity index (χ1) is 10.7. The Balaban J connectivity index is 1.93. The zero-order valence-corrected chi connectivity index (χ0v) is 13.9. The normalized spacial score (nSPS) is 18.0. The van der Waals surface area contributed by atoms with Gasteiger partial charge in [0.15, 0.2) is 0 Å². The van der Waals surface area contributed by atoms with Crippen LogP contribution in [0.15, 0.2) is 0 Å². The van der Waals surface area contributed by atoms with Gasteiger partial charge in [-0.1, -0.05) is 6.92 Å². The van der Waals surface area contributed by atoms with E-state index in [0.717, 1.165) is 56.0 Å². The van der Waals surface area contributed by atoms with Crippen molar-refractivity contribution in [3.8, 4) is 0 Å². The average molecular weight is 321 g/mol. The minimum atomic E-state index is -0.0204. The third kappa shape index (κ3) is 3.03. The third-order valence-electron chi connectivity index (χ3n) is 4.36. The van der Waals surface area contributed by atoms with Gasteiger partial charge in [0.05, 0.1) is 5.56 Å². The van der Waals surface area contributed by atoms with Crippen molar-refractivity contribution in [2.45, 2.75) is 39.0 Å². The maximum absolute atomic E-state index is 13.0. The van der Waals surface area contributed by atoms with Gasteiger partial charge in [0.1, 0.15) is 5.00 Å². The topological polar surface area (TPSA) is 61.4 Å². The summed E-state index contributed by atoms with van der Waals surface area (Å²) < 4.78 is 0. The van der Waals surface area contributed by atoms with Gasteiger partial charge in [-0.25, -0.2) is 0 Å². The molecule has 120 valence electrons. The SMILES string of the molecule is CCC(=O)Nc1sc2c(c1C(=O)N1CCNCC1)CCCC2. The summed E-state index contributed by atoms with van der Waals surface area (Å²) in [6, 6.07) is 0. The minimum absolute atomic E-state index is 0.0204. The van der Waals surface area contributed by atoms with Crippen LogP contribution in [0.2, 0.25) is 0 Å². The van der Waals surface area contributed by atoms with Crippen LogP contribution in [0.3, 0.4) is 0 Å². The molecule has 5 nitrogen and oxygen atoms in total. The second kappa shape index (κ2) is 6.79. The number of rotatable bonds is 3. The molecule has 0 saturated carbocycles.